The van der Waals surface area contributed by atoms with E-state index in [9.17, 15) is 0 Å². The maximum Gasteiger partial charge on any atom is 0.125 e. The lowest BCUT2D eigenvalue weighted by molar-refractivity contribution is 0.316. The fraction of sp³-hybridized carbons (Fsp3) is 0.545. The number of aromatic nitrogens is 1. The average molecular weight is 193 g/mol. The average Bonchev–Trinajstić information content (AvgIpc) is 2.26. The minimum atomic E-state index is 0.957. The van der Waals surface area contributed by atoms with Gasteiger partial charge in [-0.15, -0.1) is 0 Å². The Morgan fingerprint density at radius 3 is 2.64 bits per heavy atom. The van der Waals surface area contributed by atoms with Gasteiger partial charge in [0.2, 0.25) is 0 Å². The number of hydrogen-bond donors (Lipinski definition) is 1. The van der Waals surface area contributed by atoms with Crippen LogP contribution in [0.2, 0.25) is 0 Å². The Morgan fingerprint density at radius 2 is 2.07 bits per heavy atom. The van der Waals surface area contributed by atoms with E-state index in [0.29, 0.717) is 0 Å². The SMILES string of the molecule is CCN(CC)CCNc1ccccn1. The highest BCUT2D eigenvalue weighted by Gasteiger charge is 1.97. The van der Waals surface area contributed by atoms with Crippen molar-refractivity contribution in [2.45, 2.75) is 13.8 Å². The third kappa shape index (κ3) is 3.75. The molecule has 0 aliphatic rings. The van der Waals surface area contributed by atoms with E-state index < -0.39 is 0 Å². The van der Waals surface area contributed by atoms with Crippen LogP contribution in [0.3, 0.4) is 0 Å². The summed E-state index contributed by atoms with van der Waals surface area (Å²) in [7, 11) is 0. The highest BCUT2D eigenvalue weighted by molar-refractivity contribution is 5.32. The first-order chi connectivity index (χ1) is 6.86. The number of anilines is 1. The molecule has 0 spiro atoms. The molecule has 0 atom stereocenters. The van der Waals surface area contributed by atoms with Gasteiger partial charge in [0.25, 0.3) is 0 Å². The van der Waals surface area contributed by atoms with Crippen LogP contribution in [0.25, 0.3) is 0 Å². The van der Waals surface area contributed by atoms with E-state index in [-0.39, 0.29) is 0 Å². The Kier molecular flexibility index (Phi) is 5.00. The van der Waals surface area contributed by atoms with E-state index in [2.05, 4.69) is 29.0 Å². The fourth-order valence-electron chi connectivity index (χ4n) is 1.35. The summed E-state index contributed by atoms with van der Waals surface area (Å²) < 4.78 is 0. The molecule has 0 aromatic carbocycles. The quantitative estimate of drug-likeness (QED) is 0.747. The summed E-state index contributed by atoms with van der Waals surface area (Å²) >= 11 is 0. The first-order valence-corrected chi connectivity index (χ1v) is 5.24. The molecule has 0 radical (unpaired) electrons. The number of rotatable bonds is 6. The van der Waals surface area contributed by atoms with Crippen LogP contribution in [0.15, 0.2) is 24.4 Å². The molecule has 3 nitrogen and oxygen atoms in total. The second-order valence-electron chi connectivity index (χ2n) is 3.17. The van der Waals surface area contributed by atoms with Gasteiger partial charge in [0.05, 0.1) is 0 Å². The molecule has 0 aliphatic heterocycles. The standard InChI is InChI=1S/C11H19N3/c1-3-14(4-2)10-9-13-11-7-5-6-8-12-11/h5-8H,3-4,9-10H2,1-2H3,(H,12,13). The van der Waals surface area contributed by atoms with Crippen molar-refractivity contribution in [2.24, 2.45) is 0 Å². The van der Waals surface area contributed by atoms with E-state index in [0.717, 1.165) is 32.0 Å². The topological polar surface area (TPSA) is 28.2 Å². The molecule has 0 unspecified atom stereocenters. The third-order valence-electron chi connectivity index (χ3n) is 2.29. The van der Waals surface area contributed by atoms with E-state index in [1.807, 2.05) is 18.2 Å². The largest absolute Gasteiger partial charge is 0.369 e. The van der Waals surface area contributed by atoms with Gasteiger partial charge in [-0.1, -0.05) is 19.9 Å². The molecule has 1 rings (SSSR count). The van der Waals surface area contributed by atoms with Gasteiger partial charge < -0.3 is 10.2 Å². The van der Waals surface area contributed by atoms with Crippen LogP contribution in [-0.4, -0.2) is 36.1 Å². The molecular formula is C11H19N3. The molecule has 1 heterocycles. The van der Waals surface area contributed by atoms with Crippen LogP contribution in [0, 0.1) is 0 Å². The van der Waals surface area contributed by atoms with Gasteiger partial charge in [0.15, 0.2) is 0 Å². The molecule has 3 heteroatoms. The Hall–Kier alpha value is -1.09. The lowest BCUT2D eigenvalue weighted by Gasteiger charge is -2.17. The maximum absolute atomic E-state index is 4.20. The van der Waals surface area contributed by atoms with Gasteiger partial charge in [0, 0.05) is 19.3 Å². The van der Waals surface area contributed by atoms with Gasteiger partial charge in [-0.25, -0.2) is 4.98 Å². The third-order valence-corrected chi connectivity index (χ3v) is 2.29. The van der Waals surface area contributed by atoms with Gasteiger partial charge in [-0.2, -0.15) is 0 Å². The van der Waals surface area contributed by atoms with Crippen molar-refractivity contribution in [3.63, 3.8) is 0 Å². The van der Waals surface area contributed by atoms with Gasteiger partial charge in [-0.3, -0.25) is 0 Å². The molecule has 14 heavy (non-hydrogen) atoms. The molecule has 1 N–H and O–H groups in total. The molecule has 0 amide bonds. The molecule has 78 valence electrons. The lowest BCUT2D eigenvalue weighted by Crippen LogP contribution is -2.28. The van der Waals surface area contributed by atoms with Crippen LogP contribution in [0.1, 0.15) is 13.8 Å². The Bertz CT molecular complexity index is 232. The summed E-state index contributed by atoms with van der Waals surface area (Å²) in [6.45, 7) is 8.62. The molecule has 0 bridgehead atoms. The zero-order valence-electron chi connectivity index (χ0n) is 9.03. The van der Waals surface area contributed by atoms with E-state index in [1.54, 1.807) is 6.20 Å². The number of nitrogens with one attached hydrogen (secondary N) is 1. The van der Waals surface area contributed by atoms with Crippen LogP contribution < -0.4 is 5.32 Å². The zero-order chi connectivity index (χ0) is 10.2. The van der Waals surface area contributed by atoms with Gasteiger partial charge >= 0.3 is 0 Å². The molecule has 0 aliphatic carbocycles. The Morgan fingerprint density at radius 1 is 1.29 bits per heavy atom. The molecule has 1 aromatic heterocycles. The number of pyridine rings is 1. The summed E-state index contributed by atoms with van der Waals surface area (Å²) in [5, 5.41) is 3.29. The van der Waals surface area contributed by atoms with E-state index in [4.69, 9.17) is 0 Å². The van der Waals surface area contributed by atoms with Gasteiger partial charge in [-0.05, 0) is 25.2 Å². The minimum Gasteiger partial charge on any atom is -0.369 e. The van der Waals surface area contributed by atoms with Crippen LogP contribution in [0.4, 0.5) is 5.82 Å². The molecule has 1 aromatic rings. The molecule has 0 saturated heterocycles. The van der Waals surface area contributed by atoms with Crippen molar-refractivity contribution in [1.82, 2.24) is 9.88 Å². The lowest BCUT2D eigenvalue weighted by atomic mass is 10.4. The Labute approximate surface area is 86.2 Å². The summed E-state index contributed by atoms with van der Waals surface area (Å²) in [6, 6.07) is 5.91. The minimum absolute atomic E-state index is 0.957. The smallest absolute Gasteiger partial charge is 0.125 e. The van der Waals surface area contributed by atoms with Crippen molar-refractivity contribution in [3.05, 3.63) is 24.4 Å². The molecular weight excluding hydrogens is 174 g/mol. The predicted molar refractivity (Wildman–Crippen MR) is 60.5 cm³/mol. The van der Waals surface area contributed by atoms with Crippen molar-refractivity contribution in [3.8, 4) is 0 Å². The van der Waals surface area contributed by atoms with Gasteiger partial charge in [0.1, 0.15) is 5.82 Å². The summed E-state index contributed by atoms with van der Waals surface area (Å²) in [4.78, 5) is 6.58. The van der Waals surface area contributed by atoms with Crippen molar-refractivity contribution in [1.29, 1.82) is 0 Å². The summed E-state index contributed by atoms with van der Waals surface area (Å²) in [6.07, 6.45) is 1.81. The first kappa shape index (κ1) is 11.0. The molecule has 0 fully saturated rings. The first-order valence-electron chi connectivity index (χ1n) is 5.24. The normalized spacial score (nSPS) is 10.5. The van der Waals surface area contributed by atoms with Crippen molar-refractivity contribution >= 4 is 5.82 Å². The number of hydrogen-bond acceptors (Lipinski definition) is 3. The van der Waals surface area contributed by atoms with E-state index in [1.165, 1.54) is 0 Å². The number of likely N-dealkylation sites (N-methyl/N-ethyl adjacent to an activating group) is 1. The monoisotopic (exact) mass is 193 g/mol. The van der Waals surface area contributed by atoms with Crippen LogP contribution in [0.5, 0.6) is 0 Å². The predicted octanol–water partition coefficient (Wildman–Crippen LogP) is 1.84. The zero-order valence-corrected chi connectivity index (χ0v) is 9.03. The fourth-order valence-corrected chi connectivity index (χ4v) is 1.35. The van der Waals surface area contributed by atoms with Crippen molar-refractivity contribution < 1.29 is 0 Å². The highest BCUT2D eigenvalue weighted by Crippen LogP contribution is 1.98. The highest BCUT2D eigenvalue weighted by atomic mass is 15.1. The summed E-state index contributed by atoms with van der Waals surface area (Å²) in [5.74, 6) is 0.958. The number of nitrogens with zero attached hydrogens (tertiary/aromatic N) is 2. The second-order valence-corrected chi connectivity index (χ2v) is 3.17. The van der Waals surface area contributed by atoms with Crippen LogP contribution in [-0.2, 0) is 0 Å². The van der Waals surface area contributed by atoms with Crippen molar-refractivity contribution in [2.75, 3.05) is 31.5 Å². The summed E-state index contributed by atoms with van der Waals surface area (Å²) in [5.41, 5.74) is 0. The Balaban J connectivity index is 2.21. The van der Waals surface area contributed by atoms with Crippen LogP contribution >= 0.6 is 0 Å². The maximum atomic E-state index is 4.20. The second kappa shape index (κ2) is 6.38. The molecule has 0 saturated carbocycles. The van der Waals surface area contributed by atoms with E-state index >= 15 is 0 Å².